The summed E-state index contributed by atoms with van der Waals surface area (Å²) in [7, 11) is -4.06. The molecule has 2 aliphatic heterocycles. The van der Waals surface area contributed by atoms with Crippen LogP contribution >= 0.6 is 11.6 Å². The molecular weight excluding hydrogens is 684 g/mol. The van der Waals surface area contributed by atoms with Crippen LogP contribution in [0.2, 0.25) is 5.02 Å². The second-order valence-corrected chi connectivity index (χ2v) is 14.2. The number of nitrogens with zero attached hydrogens (tertiary/aromatic N) is 5. The Hall–Kier alpha value is -4.11. The summed E-state index contributed by atoms with van der Waals surface area (Å²) in [5, 5.41) is 3.49. The van der Waals surface area contributed by atoms with Crippen molar-refractivity contribution in [3.8, 4) is 11.3 Å². The van der Waals surface area contributed by atoms with E-state index in [1.807, 2.05) is 29.2 Å². The summed E-state index contributed by atoms with van der Waals surface area (Å²) in [4.78, 5) is 26.9. The van der Waals surface area contributed by atoms with E-state index in [1.165, 1.54) is 24.3 Å². The molecule has 3 heterocycles. The molecular formula is C34H33ClF4N6O3S. The second kappa shape index (κ2) is 14.4. The molecule has 2 fully saturated rings. The minimum Gasteiger partial charge on any atom is -0.349 e. The van der Waals surface area contributed by atoms with Crippen molar-refractivity contribution in [1.29, 1.82) is 0 Å². The molecule has 4 aromatic rings. The van der Waals surface area contributed by atoms with Gasteiger partial charge in [-0.15, -0.1) is 0 Å². The average molecular weight is 717 g/mol. The van der Waals surface area contributed by atoms with Crippen LogP contribution in [0.4, 0.5) is 23.5 Å². The lowest BCUT2D eigenvalue weighted by Gasteiger charge is -2.35. The molecule has 3 aromatic carbocycles. The topological polar surface area (TPSA) is 98.7 Å². The quantitative estimate of drug-likeness (QED) is 0.221. The number of halogens is 5. The second-order valence-electron chi connectivity index (χ2n) is 11.9. The number of carbonyl (C=O) groups is 1. The SMILES string of the molecule is O=C(NCc1cc(-c2ccc(C(F)(F)F)cc2)nc(N2CCN(Cc3ccccc3Cl)CC2)n1)[C@@H]1CCCN1S(=O)(=O)c1ccc(F)cc1. The van der Waals surface area contributed by atoms with Gasteiger partial charge in [0.05, 0.1) is 28.4 Å². The highest BCUT2D eigenvalue weighted by Gasteiger charge is 2.39. The highest BCUT2D eigenvalue weighted by Crippen LogP contribution is 2.32. The van der Waals surface area contributed by atoms with E-state index in [-0.39, 0.29) is 18.0 Å². The summed E-state index contributed by atoms with van der Waals surface area (Å²) in [5.41, 5.74) is 1.45. The van der Waals surface area contributed by atoms with Crippen molar-refractivity contribution in [2.24, 2.45) is 0 Å². The number of sulfonamides is 1. The van der Waals surface area contributed by atoms with Gasteiger partial charge >= 0.3 is 6.18 Å². The largest absolute Gasteiger partial charge is 0.416 e. The molecule has 1 N–H and O–H groups in total. The molecule has 9 nitrogen and oxygen atoms in total. The summed E-state index contributed by atoms with van der Waals surface area (Å²) >= 11 is 6.36. The number of anilines is 1. The number of hydrogen-bond acceptors (Lipinski definition) is 7. The van der Waals surface area contributed by atoms with Crippen LogP contribution < -0.4 is 10.2 Å². The van der Waals surface area contributed by atoms with Crippen molar-refractivity contribution < 1.29 is 30.8 Å². The van der Waals surface area contributed by atoms with Crippen LogP contribution in [0, 0.1) is 5.82 Å². The molecule has 1 aromatic heterocycles. The zero-order chi connectivity index (χ0) is 34.8. The van der Waals surface area contributed by atoms with E-state index < -0.39 is 39.5 Å². The molecule has 0 bridgehead atoms. The number of benzene rings is 3. The Morgan fingerprint density at radius 3 is 2.29 bits per heavy atom. The van der Waals surface area contributed by atoms with Gasteiger partial charge in [0.1, 0.15) is 11.9 Å². The van der Waals surface area contributed by atoms with Gasteiger partial charge in [0.25, 0.3) is 0 Å². The van der Waals surface area contributed by atoms with Crippen LogP contribution in [0.5, 0.6) is 0 Å². The Labute approximate surface area is 286 Å². The lowest BCUT2D eigenvalue weighted by atomic mass is 10.1. The number of piperazine rings is 1. The summed E-state index contributed by atoms with van der Waals surface area (Å²) in [6.07, 6.45) is -3.72. The van der Waals surface area contributed by atoms with Crippen molar-refractivity contribution in [1.82, 2.24) is 24.5 Å². The van der Waals surface area contributed by atoms with E-state index in [2.05, 4.69) is 10.2 Å². The Kier molecular flexibility index (Phi) is 10.2. The molecule has 0 spiro atoms. The first-order valence-corrected chi connectivity index (χ1v) is 17.5. The number of alkyl halides is 3. The number of amides is 1. The van der Waals surface area contributed by atoms with E-state index in [1.54, 1.807) is 6.07 Å². The normalized spacial score (nSPS) is 17.7. The minimum atomic E-state index is -4.49. The highest BCUT2D eigenvalue weighted by atomic mass is 35.5. The van der Waals surface area contributed by atoms with E-state index in [0.29, 0.717) is 73.5 Å². The van der Waals surface area contributed by atoms with Crippen LogP contribution in [0.3, 0.4) is 0 Å². The molecule has 6 rings (SSSR count). The van der Waals surface area contributed by atoms with Gasteiger partial charge < -0.3 is 10.2 Å². The fraction of sp³-hybridized carbons (Fsp3) is 0.324. The van der Waals surface area contributed by atoms with Gasteiger partial charge in [-0.25, -0.2) is 22.8 Å². The van der Waals surface area contributed by atoms with Crippen molar-refractivity contribution in [3.05, 3.63) is 107 Å². The lowest BCUT2D eigenvalue weighted by molar-refractivity contribution is -0.137. The van der Waals surface area contributed by atoms with Gasteiger partial charge in [0.15, 0.2) is 0 Å². The Morgan fingerprint density at radius 1 is 0.918 bits per heavy atom. The summed E-state index contributed by atoms with van der Waals surface area (Å²) in [6, 6.07) is 17.4. The first-order valence-electron chi connectivity index (χ1n) is 15.7. The summed E-state index contributed by atoms with van der Waals surface area (Å²) < 4.78 is 81.0. The van der Waals surface area contributed by atoms with E-state index in [4.69, 9.17) is 21.6 Å². The number of aromatic nitrogens is 2. The van der Waals surface area contributed by atoms with Crippen LogP contribution in [0.1, 0.15) is 29.7 Å². The number of carbonyl (C=O) groups excluding carboxylic acids is 1. The molecule has 2 aliphatic rings. The van der Waals surface area contributed by atoms with Crippen molar-refractivity contribution in [2.45, 2.75) is 43.0 Å². The molecule has 0 saturated carbocycles. The smallest absolute Gasteiger partial charge is 0.349 e. The van der Waals surface area contributed by atoms with E-state index >= 15 is 0 Å². The van der Waals surface area contributed by atoms with Crippen molar-refractivity contribution in [3.63, 3.8) is 0 Å². The minimum absolute atomic E-state index is 0.0740. The van der Waals surface area contributed by atoms with Crippen molar-refractivity contribution >= 4 is 33.5 Å². The van der Waals surface area contributed by atoms with Crippen molar-refractivity contribution in [2.75, 3.05) is 37.6 Å². The molecule has 0 radical (unpaired) electrons. The molecule has 15 heteroatoms. The predicted octanol–water partition coefficient (Wildman–Crippen LogP) is 5.75. The molecule has 258 valence electrons. The number of hydrogen-bond donors (Lipinski definition) is 1. The molecule has 0 aliphatic carbocycles. The molecule has 0 unspecified atom stereocenters. The first kappa shape index (κ1) is 34.7. The van der Waals surface area contributed by atoms with E-state index in [0.717, 1.165) is 34.1 Å². The molecule has 2 saturated heterocycles. The fourth-order valence-corrected chi connectivity index (χ4v) is 7.85. The molecule has 1 atom stereocenters. The summed E-state index contributed by atoms with van der Waals surface area (Å²) in [6.45, 7) is 3.25. The predicted molar refractivity (Wildman–Crippen MR) is 177 cm³/mol. The number of rotatable bonds is 9. The van der Waals surface area contributed by atoms with Gasteiger partial charge in [-0.3, -0.25) is 9.69 Å². The average Bonchev–Trinajstić information content (AvgIpc) is 3.60. The van der Waals surface area contributed by atoms with Crippen LogP contribution in [-0.4, -0.2) is 72.3 Å². The zero-order valence-corrected chi connectivity index (χ0v) is 27.8. The maximum Gasteiger partial charge on any atom is 0.416 e. The van der Waals surface area contributed by atoms with Gasteiger partial charge in [-0.05, 0) is 66.9 Å². The third-order valence-corrected chi connectivity index (χ3v) is 10.9. The van der Waals surface area contributed by atoms with Gasteiger partial charge in [-0.2, -0.15) is 17.5 Å². The Morgan fingerprint density at radius 2 is 1.61 bits per heavy atom. The van der Waals surface area contributed by atoms with E-state index in [9.17, 15) is 30.8 Å². The summed E-state index contributed by atoms with van der Waals surface area (Å²) in [5.74, 6) is -0.735. The Bertz CT molecular complexity index is 1900. The van der Waals surface area contributed by atoms with Crippen LogP contribution in [-0.2, 0) is 34.1 Å². The van der Waals surface area contributed by atoms with Crippen LogP contribution in [0.25, 0.3) is 11.3 Å². The molecule has 49 heavy (non-hydrogen) atoms. The molecule has 1 amide bonds. The lowest BCUT2D eigenvalue weighted by Crippen LogP contribution is -2.47. The third-order valence-electron chi connectivity index (χ3n) is 8.65. The zero-order valence-electron chi connectivity index (χ0n) is 26.2. The third kappa shape index (κ3) is 8.04. The first-order chi connectivity index (χ1) is 23.4. The van der Waals surface area contributed by atoms with Gasteiger partial charge in [0.2, 0.25) is 21.9 Å². The standard InChI is InChI=1S/C34H33ClF4N6O3S/c35-29-5-2-1-4-24(29)22-43-16-18-44(19-17-43)33-41-27(20-30(42-33)23-7-9-25(10-8-23)34(37,38)39)21-40-32(46)31-6-3-15-45(31)49(47,48)28-13-11-26(36)12-14-28/h1-2,4-5,7-14,20,31H,3,6,15-19,21-22H2,(H,40,46)/t31-/m0/s1. The van der Waals surface area contributed by atoms with Gasteiger partial charge in [-0.1, -0.05) is 41.9 Å². The monoisotopic (exact) mass is 716 g/mol. The number of nitrogens with one attached hydrogen (secondary N) is 1. The maximum absolute atomic E-state index is 13.4. The van der Waals surface area contributed by atoms with Crippen LogP contribution in [0.15, 0.2) is 83.8 Å². The fourth-order valence-electron chi connectivity index (χ4n) is 5.99. The highest BCUT2D eigenvalue weighted by molar-refractivity contribution is 7.89. The van der Waals surface area contributed by atoms with Gasteiger partial charge in [0, 0.05) is 49.9 Å². The Balaban J connectivity index is 1.20. The maximum atomic E-state index is 13.4.